The molecule has 5 nitrogen and oxygen atoms in total. The largest absolute Gasteiger partial charge is 0.388 e. The van der Waals surface area contributed by atoms with E-state index in [1.165, 1.54) is 0 Å². The zero-order valence-electron chi connectivity index (χ0n) is 11.7. The molecule has 1 aromatic rings. The van der Waals surface area contributed by atoms with Gasteiger partial charge < -0.3 is 15.7 Å². The van der Waals surface area contributed by atoms with Crippen LogP contribution in [0.1, 0.15) is 39.3 Å². The third-order valence-electron chi connectivity index (χ3n) is 3.10. The van der Waals surface area contributed by atoms with E-state index in [0.717, 1.165) is 30.9 Å². The van der Waals surface area contributed by atoms with Gasteiger partial charge in [0.1, 0.15) is 5.82 Å². The molecule has 1 rings (SSSR count). The first kappa shape index (κ1) is 14.7. The second kappa shape index (κ2) is 6.54. The molecule has 18 heavy (non-hydrogen) atoms. The van der Waals surface area contributed by atoms with Crippen molar-refractivity contribution in [3.05, 3.63) is 11.8 Å². The second-order valence-corrected chi connectivity index (χ2v) is 4.53. The van der Waals surface area contributed by atoms with Gasteiger partial charge in [-0.25, -0.2) is 4.98 Å². The molecule has 0 atom stereocenters. The summed E-state index contributed by atoms with van der Waals surface area (Å²) in [6.45, 7) is 9.20. The molecular weight excluding hydrogens is 228 g/mol. The summed E-state index contributed by atoms with van der Waals surface area (Å²) in [5.41, 5.74) is 0.233. The molecule has 3 N–H and O–H groups in total. The summed E-state index contributed by atoms with van der Waals surface area (Å²) in [7, 11) is 0. The van der Waals surface area contributed by atoms with Crippen molar-refractivity contribution >= 4 is 11.8 Å². The van der Waals surface area contributed by atoms with Gasteiger partial charge in [-0.05, 0) is 26.7 Å². The van der Waals surface area contributed by atoms with E-state index in [1.807, 2.05) is 33.8 Å². The van der Waals surface area contributed by atoms with Gasteiger partial charge in [-0.15, -0.1) is 0 Å². The number of nitrogens with one attached hydrogen (secondary N) is 2. The van der Waals surface area contributed by atoms with E-state index in [-0.39, 0.29) is 0 Å². The molecule has 0 aliphatic rings. The highest BCUT2D eigenvalue weighted by Crippen LogP contribution is 2.16. The first-order valence-corrected chi connectivity index (χ1v) is 6.58. The minimum Gasteiger partial charge on any atom is -0.388 e. The lowest BCUT2D eigenvalue weighted by Gasteiger charge is -2.25. The van der Waals surface area contributed by atoms with Gasteiger partial charge in [0.25, 0.3) is 0 Å². The number of hydrogen-bond acceptors (Lipinski definition) is 5. The van der Waals surface area contributed by atoms with E-state index < -0.39 is 5.60 Å². The van der Waals surface area contributed by atoms with Crippen molar-refractivity contribution in [1.82, 2.24) is 9.97 Å². The first-order chi connectivity index (χ1) is 8.53. The van der Waals surface area contributed by atoms with Gasteiger partial charge in [-0.3, -0.25) is 0 Å². The Hall–Kier alpha value is -1.36. The monoisotopic (exact) mass is 252 g/mol. The summed E-state index contributed by atoms with van der Waals surface area (Å²) in [5.74, 6) is 1.37. The molecule has 0 amide bonds. The number of aromatic nitrogens is 2. The van der Waals surface area contributed by atoms with E-state index in [1.54, 1.807) is 0 Å². The maximum atomic E-state index is 10.2. The summed E-state index contributed by atoms with van der Waals surface area (Å²) < 4.78 is 0. The van der Waals surface area contributed by atoms with Crippen LogP contribution in [-0.4, -0.2) is 33.8 Å². The van der Waals surface area contributed by atoms with Crippen LogP contribution in [0.2, 0.25) is 0 Å². The van der Waals surface area contributed by atoms with Gasteiger partial charge in [0.05, 0.1) is 5.60 Å². The Morgan fingerprint density at radius 3 is 2.39 bits per heavy atom. The lowest BCUT2D eigenvalue weighted by atomic mass is 9.98. The molecule has 1 aromatic heterocycles. The van der Waals surface area contributed by atoms with Crippen LogP contribution < -0.4 is 10.6 Å². The third-order valence-corrected chi connectivity index (χ3v) is 3.10. The van der Waals surface area contributed by atoms with Crippen LogP contribution in [0.5, 0.6) is 0 Å². The summed E-state index contributed by atoms with van der Waals surface area (Å²) in [6, 6.07) is 1.88. The van der Waals surface area contributed by atoms with Gasteiger partial charge in [0, 0.05) is 24.8 Å². The van der Waals surface area contributed by atoms with E-state index in [0.29, 0.717) is 12.5 Å². The summed E-state index contributed by atoms with van der Waals surface area (Å²) in [4.78, 5) is 8.63. The van der Waals surface area contributed by atoms with Crippen LogP contribution in [0.3, 0.4) is 0 Å². The lowest BCUT2D eigenvalue weighted by molar-refractivity contribution is 0.0456. The van der Waals surface area contributed by atoms with Gasteiger partial charge in [0.15, 0.2) is 0 Å². The maximum Gasteiger partial charge on any atom is 0.224 e. The SMILES string of the molecule is CCNc1nc(C)cc(NCC(O)(CC)CC)n1. The molecule has 0 radical (unpaired) electrons. The van der Waals surface area contributed by atoms with E-state index in [2.05, 4.69) is 20.6 Å². The molecule has 102 valence electrons. The van der Waals surface area contributed by atoms with Crippen molar-refractivity contribution in [3.8, 4) is 0 Å². The van der Waals surface area contributed by atoms with Crippen LogP contribution in [0.4, 0.5) is 11.8 Å². The van der Waals surface area contributed by atoms with Crippen molar-refractivity contribution in [3.63, 3.8) is 0 Å². The maximum absolute atomic E-state index is 10.2. The van der Waals surface area contributed by atoms with E-state index >= 15 is 0 Å². The van der Waals surface area contributed by atoms with Gasteiger partial charge in [-0.2, -0.15) is 4.98 Å². The topological polar surface area (TPSA) is 70.1 Å². The third kappa shape index (κ3) is 4.14. The molecule has 5 heteroatoms. The number of aryl methyl sites for hydroxylation is 1. The molecule has 0 saturated heterocycles. The minimum atomic E-state index is -0.669. The molecule has 0 spiro atoms. The smallest absolute Gasteiger partial charge is 0.224 e. The predicted octanol–water partition coefficient (Wildman–Crippen LogP) is 2.18. The van der Waals surface area contributed by atoms with Crippen molar-refractivity contribution in [1.29, 1.82) is 0 Å². The van der Waals surface area contributed by atoms with Crippen LogP contribution in [0.15, 0.2) is 6.07 Å². The molecule has 0 aliphatic carbocycles. The molecule has 0 aliphatic heterocycles. The van der Waals surface area contributed by atoms with Crippen molar-refractivity contribution in [2.24, 2.45) is 0 Å². The van der Waals surface area contributed by atoms with Gasteiger partial charge >= 0.3 is 0 Å². The van der Waals surface area contributed by atoms with Crippen LogP contribution in [0, 0.1) is 6.92 Å². The van der Waals surface area contributed by atoms with Crippen LogP contribution >= 0.6 is 0 Å². The Kier molecular flexibility index (Phi) is 5.34. The van der Waals surface area contributed by atoms with Gasteiger partial charge in [0.2, 0.25) is 5.95 Å². The zero-order valence-corrected chi connectivity index (χ0v) is 11.7. The molecule has 0 bridgehead atoms. The van der Waals surface area contributed by atoms with Crippen LogP contribution in [-0.2, 0) is 0 Å². The summed E-state index contributed by atoms with van der Waals surface area (Å²) in [6.07, 6.45) is 1.45. The molecule has 0 aromatic carbocycles. The fourth-order valence-corrected chi connectivity index (χ4v) is 1.65. The average molecular weight is 252 g/mol. The van der Waals surface area contributed by atoms with Crippen molar-refractivity contribution in [2.45, 2.75) is 46.1 Å². The van der Waals surface area contributed by atoms with Crippen molar-refractivity contribution < 1.29 is 5.11 Å². The molecule has 0 saturated carbocycles. The molecule has 1 heterocycles. The highest BCUT2D eigenvalue weighted by Gasteiger charge is 2.21. The fraction of sp³-hybridized carbons (Fsp3) is 0.692. The van der Waals surface area contributed by atoms with Gasteiger partial charge in [-0.1, -0.05) is 13.8 Å². The Bertz CT molecular complexity index is 377. The number of anilines is 2. The second-order valence-electron chi connectivity index (χ2n) is 4.53. The Morgan fingerprint density at radius 2 is 1.83 bits per heavy atom. The molecular formula is C13H24N4O. The number of nitrogens with zero attached hydrogens (tertiary/aromatic N) is 2. The number of hydrogen-bond donors (Lipinski definition) is 3. The highest BCUT2D eigenvalue weighted by atomic mass is 16.3. The first-order valence-electron chi connectivity index (χ1n) is 6.58. The normalized spacial score (nSPS) is 11.4. The zero-order chi connectivity index (χ0) is 13.6. The van der Waals surface area contributed by atoms with E-state index in [9.17, 15) is 5.11 Å². The van der Waals surface area contributed by atoms with E-state index in [4.69, 9.17) is 0 Å². The lowest BCUT2D eigenvalue weighted by Crippen LogP contribution is -2.35. The Morgan fingerprint density at radius 1 is 1.17 bits per heavy atom. The predicted molar refractivity (Wildman–Crippen MR) is 75.0 cm³/mol. The molecule has 0 unspecified atom stereocenters. The summed E-state index contributed by atoms with van der Waals surface area (Å²) >= 11 is 0. The Balaban J connectivity index is 2.72. The number of rotatable bonds is 7. The fourth-order valence-electron chi connectivity index (χ4n) is 1.65. The van der Waals surface area contributed by atoms with Crippen LogP contribution in [0.25, 0.3) is 0 Å². The Labute approximate surface area is 109 Å². The number of aliphatic hydroxyl groups is 1. The minimum absolute atomic E-state index is 0.502. The van der Waals surface area contributed by atoms with Crippen molar-refractivity contribution in [2.75, 3.05) is 23.7 Å². The molecule has 0 fully saturated rings. The quantitative estimate of drug-likeness (QED) is 0.694. The average Bonchev–Trinajstić information content (AvgIpc) is 2.36. The standard InChI is InChI=1S/C13H24N4O/c1-5-13(18,6-2)9-15-11-8-10(4)16-12(17-11)14-7-3/h8,18H,5-7,9H2,1-4H3,(H2,14,15,16,17). The highest BCUT2D eigenvalue weighted by molar-refractivity contribution is 5.42. The summed E-state index contributed by atoms with van der Waals surface area (Å²) in [5, 5.41) is 16.5.